The maximum Gasteiger partial charge on any atom is 0.335 e. The van der Waals surface area contributed by atoms with E-state index in [1.54, 1.807) is 28.2 Å². The van der Waals surface area contributed by atoms with Crippen LogP contribution in [0.3, 0.4) is 0 Å². The summed E-state index contributed by atoms with van der Waals surface area (Å²) < 4.78 is 1.76. The van der Waals surface area contributed by atoms with E-state index >= 15 is 0 Å². The average molecular weight is 288 g/mol. The molecule has 0 fully saturated rings. The van der Waals surface area contributed by atoms with Crippen LogP contribution in [0.4, 0.5) is 0 Å². The molecule has 0 bridgehead atoms. The smallest absolute Gasteiger partial charge is 0.335 e. The maximum absolute atomic E-state index is 10.9. The summed E-state index contributed by atoms with van der Waals surface area (Å²) in [5, 5.41) is 20.1. The van der Waals surface area contributed by atoms with E-state index in [9.17, 15) is 4.79 Å². The molecule has 0 aliphatic carbocycles. The monoisotopic (exact) mass is 288 g/mol. The number of carboxylic acids is 1. The van der Waals surface area contributed by atoms with Gasteiger partial charge in [0.05, 0.1) is 11.1 Å². The third-order valence-electron chi connectivity index (χ3n) is 3.08. The average Bonchev–Trinajstić information content (AvgIpc) is 3.03. The topological polar surface area (TPSA) is 80.9 Å². The van der Waals surface area contributed by atoms with Gasteiger partial charge in [-0.25, -0.2) is 14.5 Å². The molecular weight excluding hydrogens is 276 g/mol. The van der Waals surface area contributed by atoms with Crippen LogP contribution in [0.25, 0.3) is 11.0 Å². The molecule has 0 radical (unpaired) electrons. The van der Waals surface area contributed by atoms with E-state index < -0.39 is 5.97 Å². The van der Waals surface area contributed by atoms with Gasteiger partial charge in [-0.05, 0) is 32.0 Å². The largest absolute Gasteiger partial charge is 0.478 e. The van der Waals surface area contributed by atoms with Crippen molar-refractivity contribution < 1.29 is 9.90 Å². The minimum absolute atomic E-state index is 0.0330. The number of rotatable bonds is 3. The van der Waals surface area contributed by atoms with Crippen molar-refractivity contribution in [3.05, 3.63) is 39.8 Å². The molecule has 20 heavy (non-hydrogen) atoms. The van der Waals surface area contributed by atoms with Crippen LogP contribution >= 0.6 is 11.3 Å². The van der Waals surface area contributed by atoms with Gasteiger partial charge in [-0.2, -0.15) is 0 Å². The van der Waals surface area contributed by atoms with Gasteiger partial charge in [-0.3, -0.25) is 0 Å². The van der Waals surface area contributed by atoms with Gasteiger partial charge in [-0.1, -0.05) is 5.21 Å². The van der Waals surface area contributed by atoms with E-state index in [1.807, 2.05) is 19.2 Å². The number of aromatic nitrogens is 4. The second kappa shape index (κ2) is 4.68. The van der Waals surface area contributed by atoms with Crippen molar-refractivity contribution in [1.82, 2.24) is 20.0 Å². The number of benzene rings is 1. The fourth-order valence-corrected chi connectivity index (χ4v) is 2.87. The molecule has 0 spiro atoms. The van der Waals surface area contributed by atoms with Gasteiger partial charge in [0.2, 0.25) is 0 Å². The van der Waals surface area contributed by atoms with E-state index in [2.05, 4.69) is 15.3 Å². The van der Waals surface area contributed by atoms with E-state index in [0.29, 0.717) is 5.52 Å². The number of carbonyl (C=O) groups is 1. The molecule has 0 amide bonds. The molecule has 1 unspecified atom stereocenters. The molecule has 1 N–H and O–H groups in total. The molecule has 2 heterocycles. The molecule has 3 aromatic rings. The number of hydrogen-bond acceptors (Lipinski definition) is 5. The van der Waals surface area contributed by atoms with Crippen molar-refractivity contribution in [1.29, 1.82) is 0 Å². The Kier molecular flexibility index (Phi) is 2.98. The highest BCUT2D eigenvalue weighted by molar-refractivity contribution is 7.09. The lowest BCUT2D eigenvalue weighted by atomic mass is 10.2. The molecule has 0 saturated heterocycles. The van der Waals surface area contributed by atoms with Crippen molar-refractivity contribution in [2.45, 2.75) is 19.9 Å². The number of hydrogen-bond donors (Lipinski definition) is 1. The van der Waals surface area contributed by atoms with Gasteiger partial charge in [-0.15, -0.1) is 16.4 Å². The van der Waals surface area contributed by atoms with Gasteiger partial charge in [0.25, 0.3) is 0 Å². The van der Waals surface area contributed by atoms with Crippen molar-refractivity contribution >= 4 is 28.3 Å². The summed E-state index contributed by atoms with van der Waals surface area (Å²) in [5.41, 5.74) is 2.57. The Balaban J connectivity index is 2.06. The minimum atomic E-state index is -0.968. The van der Waals surface area contributed by atoms with Crippen LogP contribution in [0.5, 0.6) is 0 Å². The summed E-state index contributed by atoms with van der Waals surface area (Å²) in [6.07, 6.45) is 0. The molecule has 6 nitrogen and oxygen atoms in total. The van der Waals surface area contributed by atoms with Crippen molar-refractivity contribution in [2.24, 2.45) is 0 Å². The number of nitrogens with zero attached hydrogens (tertiary/aromatic N) is 4. The standard InChI is InChI=1S/C13H12N4O2S/c1-7-6-20-12(14-7)8(2)17-11-4-3-9(13(18)19)5-10(11)15-16-17/h3-6,8H,1-2H3,(H,18,19). The van der Waals surface area contributed by atoms with Crippen molar-refractivity contribution in [3.63, 3.8) is 0 Å². The summed E-state index contributed by atoms with van der Waals surface area (Å²) in [4.78, 5) is 15.4. The van der Waals surface area contributed by atoms with E-state index in [4.69, 9.17) is 5.11 Å². The van der Waals surface area contributed by atoms with Crippen LogP contribution in [0, 0.1) is 6.92 Å². The Morgan fingerprint density at radius 1 is 1.45 bits per heavy atom. The van der Waals surface area contributed by atoms with Gasteiger partial charge in [0.1, 0.15) is 16.6 Å². The van der Waals surface area contributed by atoms with Crippen LogP contribution in [0.15, 0.2) is 23.6 Å². The van der Waals surface area contributed by atoms with Gasteiger partial charge < -0.3 is 5.11 Å². The number of fused-ring (bicyclic) bond motifs is 1. The zero-order chi connectivity index (χ0) is 14.3. The zero-order valence-electron chi connectivity index (χ0n) is 10.9. The third-order valence-corrected chi connectivity index (χ3v) is 4.21. The van der Waals surface area contributed by atoms with Crippen LogP contribution < -0.4 is 0 Å². The highest BCUT2D eigenvalue weighted by atomic mass is 32.1. The van der Waals surface area contributed by atoms with E-state index in [1.165, 1.54) is 6.07 Å². The Bertz CT molecular complexity index is 793. The zero-order valence-corrected chi connectivity index (χ0v) is 11.8. The number of aryl methyl sites for hydroxylation is 1. The predicted molar refractivity (Wildman–Crippen MR) is 75.2 cm³/mol. The Morgan fingerprint density at radius 3 is 2.90 bits per heavy atom. The molecular formula is C13H12N4O2S. The van der Waals surface area contributed by atoms with Crippen LogP contribution in [-0.4, -0.2) is 31.1 Å². The first-order valence-electron chi connectivity index (χ1n) is 6.06. The first kappa shape index (κ1) is 12.7. The lowest BCUT2D eigenvalue weighted by molar-refractivity contribution is 0.0697. The number of thiazole rings is 1. The fourth-order valence-electron chi connectivity index (χ4n) is 2.03. The highest BCUT2D eigenvalue weighted by Crippen LogP contribution is 2.24. The third kappa shape index (κ3) is 2.05. The maximum atomic E-state index is 10.9. The van der Waals surface area contributed by atoms with Gasteiger partial charge >= 0.3 is 5.97 Å². The summed E-state index contributed by atoms with van der Waals surface area (Å²) in [6.45, 7) is 3.95. The van der Waals surface area contributed by atoms with Gasteiger partial charge in [0.15, 0.2) is 0 Å². The second-order valence-corrected chi connectivity index (χ2v) is 5.44. The molecule has 0 aliphatic heterocycles. The summed E-state index contributed by atoms with van der Waals surface area (Å²) in [7, 11) is 0. The summed E-state index contributed by atoms with van der Waals surface area (Å²) in [6, 6.07) is 4.79. The Hall–Kier alpha value is -2.28. The lowest BCUT2D eigenvalue weighted by Crippen LogP contribution is -2.08. The molecule has 102 valence electrons. The molecule has 7 heteroatoms. The minimum Gasteiger partial charge on any atom is -0.478 e. The van der Waals surface area contributed by atoms with Crippen molar-refractivity contribution in [2.75, 3.05) is 0 Å². The first-order chi connectivity index (χ1) is 9.56. The summed E-state index contributed by atoms with van der Waals surface area (Å²) in [5.74, 6) is -0.968. The van der Waals surface area contributed by atoms with Crippen LogP contribution in [-0.2, 0) is 0 Å². The molecule has 1 atom stereocenters. The molecule has 0 aliphatic rings. The normalized spacial score (nSPS) is 12.7. The number of aromatic carboxylic acids is 1. The highest BCUT2D eigenvalue weighted by Gasteiger charge is 2.17. The van der Waals surface area contributed by atoms with Crippen LogP contribution in [0.2, 0.25) is 0 Å². The second-order valence-electron chi connectivity index (χ2n) is 4.55. The van der Waals surface area contributed by atoms with Crippen molar-refractivity contribution in [3.8, 4) is 0 Å². The lowest BCUT2D eigenvalue weighted by Gasteiger charge is -2.09. The van der Waals surface area contributed by atoms with Gasteiger partial charge in [0, 0.05) is 11.1 Å². The summed E-state index contributed by atoms with van der Waals surface area (Å²) >= 11 is 1.58. The van der Waals surface area contributed by atoms with Crippen LogP contribution in [0.1, 0.15) is 34.0 Å². The quantitative estimate of drug-likeness (QED) is 0.801. The fraction of sp³-hybridized carbons (Fsp3) is 0.231. The SMILES string of the molecule is Cc1csc(C(C)n2nnc3cc(C(=O)O)ccc32)n1. The predicted octanol–water partition coefficient (Wildman–Crippen LogP) is 2.50. The number of carboxylic acid groups (broad SMARTS) is 1. The molecule has 1 aromatic carbocycles. The molecule has 3 rings (SSSR count). The van der Waals surface area contributed by atoms with E-state index in [-0.39, 0.29) is 11.6 Å². The van der Waals surface area contributed by atoms with E-state index in [0.717, 1.165) is 16.2 Å². The Morgan fingerprint density at radius 2 is 2.25 bits per heavy atom. The molecule has 0 saturated carbocycles. The Labute approximate surface area is 118 Å². The first-order valence-corrected chi connectivity index (χ1v) is 6.94. The molecule has 2 aromatic heterocycles.